The van der Waals surface area contributed by atoms with E-state index in [-0.39, 0.29) is 16.8 Å². The first kappa shape index (κ1) is 17.0. The molecule has 0 saturated carbocycles. The molecule has 0 fully saturated rings. The maximum absolute atomic E-state index is 13.0. The largest absolute Gasteiger partial charge is 0.399 e. The number of nitrogen functional groups attached to an aromatic ring is 2. The molecule has 0 aromatic heterocycles. The molecular weight excluding hydrogens is 370 g/mol. The summed E-state index contributed by atoms with van der Waals surface area (Å²) < 4.78 is 32.1. The third-order valence-corrected chi connectivity index (χ3v) is 5.18. The average Bonchev–Trinajstić information content (AvgIpc) is 2.58. The van der Waals surface area contributed by atoms with Crippen molar-refractivity contribution >= 4 is 49.8 Å². The van der Waals surface area contributed by atoms with Crippen LogP contribution >= 0.6 is 0 Å². The lowest BCUT2D eigenvalue weighted by Gasteiger charge is -2.28. The van der Waals surface area contributed by atoms with Crippen molar-refractivity contribution in [2.24, 2.45) is 0 Å². The molecule has 0 radical (unpaired) electrons. The SMILES string of the molecule is Nc1cc2c3c(cc(N)cc3c1)C(=O)N(c1cccc(S(=O)(=O)O)c1)C2=O. The summed E-state index contributed by atoms with van der Waals surface area (Å²) in [4.78, 5) is 26.4. The van der Waals surface area contributed by atoms with Crippen LogP contribution in [-0.4, -0.2) is 24.8 Å². The number of nitrogens with zero attached hydrogens (tertiary/aromatic N) is 1. The van der Waals surface area contributed by atoms with Crippen LogP contribution in [0.2, 0.25) is 0 Å². The number of carbonyl (C=O) groups is 2. The van der Waals surface area contributed by atoms with Gasteiger partial charge in [-0.25, -0.2) is 4.90 Å². The molecule has 1 aliphatic rings. The smallest absolute Gasteiger partial charge is 0.294 e. The maximum Gasteiger partial charge on any atom is 0.294 e. The lowest BCUT2D eigenvalue weighted by atomic mass is 9.92. The van der Waals surface area contributed by atoms with Gasteiger partial charge in [0, 0.05) is 16.8 Å². The molecule has 27 heavy (non-hydrogen) atoms. The Bertz CT molecular complexity index is 1210. The highest BCUT2D eigenvalue weighted by Gasteiger charge is 2.35. The number of hydrogen-bond donors (Lipinski definition) is 3. The number of hydrogen-bond acceptors (Lipinski definition) is 6. The van der Waals surface area contributed by atoms with E-state index in [4.69, 9.17) is 11.5 Å². The molecule has 5 N–H and O–H groups in total. The molecule has 3 aromatic rings. The molecule has 1 heterocycles. The fraction of sp³-hybridized carbons (Fsp3) is 0. The standard InChI is InChI=1S/C18H13N3O5S/c19-10-4-9-5-11(20)7-15-16(9)14(6-10)17(22)21(18(15)23)12-2-1-3-13(8-12)27(24,25)26/h1-8H,19-20H2,(H,24,25,26). The van der Waals surface area contributed by atoms with Crippen molar-refractivity contribution in [1.82, 2.24) is 0 Å². The highest BCUT2D eigenvalue weighted by atomic mass is 32.2. The second-order valence-electron chi connectivity index (χ2n) is 6.15. The van der Waals surface area contributed by atoms with E-state index >= 15 is 0 Å². The number of amides is 2. The van der Waals surface area contributed by atoms with Crippen molar-refractivity contribution in [1.29, 1.82) is 0 Å². The van der Waals surface area contributed by atoms with Crippen LogP contribution in [0.15, 0.2) is 53.4 Å². The zero-order chi connectivity index (χ0) is 19.5. The van der Waals surface area contributed by atoms with Crippen molar-refractivity contribution in [2.45, 2.75) is 4.90 Å². The minimum Gasteiger partial charge on any atom is -0.399 e. The van der Waals surface area contributed by atoms with Crippen LogP contribution in [0.1, 0.15) is 20.7 Å². The molecule has 0 unspecified atom stereocenters. The molecular formula is C18H13N3O5S. The average molecular weight is 383 g/mol. The molecule has 3 aromatic carbocycles. The summed E-state index contributed by atoms with van der Waals surface area (Å²) in [5, 5.41) is 1.00. The van der Waals surface area contributed by atoms with E-state index in [0.717, 1.165) is 17.0 Å². The van der Waals surface area contributed by atoms with E-state index in [1.54, 1.807) is 12.1 Å². The molecule has 1 aliphatic heterocycles. The van der Waals surface area contributed by atoms with Gasteiger partial charge in [-0.1, -0.05) is 6.07 Å². The van der Waals surface area contributed by atoms with E-state index < -0.39 is 26.8 Å². The summed E-state index contributed by atoms with van der Waals surface area (Å²) >= 11 is 0. The number of rotatable bonds is 2. The Morgan fingerprint density at radius 1 is 0.852 bits per heavy atom. The normalized spacial score (nSPS) is 14.0. The van der Waals surface area contributed by atoms with Crippen LogP contribution in [-0.2, 0) is 10.1 Å². The van der Waals surface area contributed by atoms with Crippen LogP contribution < -0.4 is 16.4 Å². The fourth-order valence-corrected chi connectivity index (χ4v) is 3.77. The van der Waals surface area contributed by atoms with Gasteiger partial charge in [0.15, 0.2) is 0 Å². The zero-order valence-electron chi connectivity index (χ0n) is 13.7. The highest BCUT2D eigenvalue weighted by molar-refractivity contribution is 7.85. The first-order valence-electron chi connectivity index (χ1n) is 7.76. The molecule has 0 saturated heterocycles. The first-order chi connectivity index (χ1) is 12.7. The third kappa shape index (κ3) is 2.60. The number of benzene rings is 3. The predicted molar refractivity (Wildman–Crippen MR) is 100 cm³/mol. The minimum atomic E-state index is -4.50. The van der Waals surface area contributed by atoms with Crippen LogP contribution in [0, 0.1) is 0 Å². The van der Waals surface area contributed by atoms with Gasteiger partial charge in [0.25, 0.3) is 21.9 Å². The summed E-state index contributed by atoms with van der Waals surface area (Å²) in [6.07, 6.45) is 0. The van der Waals surface area contributed by atoms with Crippen LogP contribution in [0.25, 0.3) is 10.8 Å². The van der Waals surface area contributed by atoms with Gasteiger partial charge in [-0.15, -0.1) is 0 Å². The quantitative estimate of drug-likeness (QED) is 0.349. The Morgan fingerprint density at radius 3 is 1.93 bits per heavy atom. The molecule has 0 aliphatic carbocycles. The topological polar surface area (TPSA) is 144 Å². The Hall–Kier alpha value is -3.43. The fourth-order valence-electron chi connectivity index (χ4n) is 3.25. The third-order valence-electron chi connectivity index (χ3n) is 4.33. The van der Waals surface area contributed by atoms with Gasteiger partial charge in [-0.3, -0.25) is 14.1 Å². The summed E-state index contributed by atoms with van der Waals surface area (Å²) in [5.74, 6) is -1.30. The molecule has 136 valence electrons. The van der Waals surface area contributed by atoms with Gasteiger partial charge in [-0.05, 0) is 47.9 Å². The van der Waals surface area contributed by atoms with Crippen molar-refractivity contribution in [3.8, 4) is 0 Å². The summed E-state index contributed by atoms with van der Waals surface area (Å²) in [5.41, 5.74) is 12.8. The number of carbonyl (C=O) groups excluding carboxylic acids is 2. The number of imide groups is 1. The van der Waals surface area contributed by atoms with Crippen molar-refractivity contribution in [2.75, 3.05) is 16.4 Å². The molecule has 0 bridgehead atoms. The number of nitrogens with two attached hydrogens (primary N) is 2. The van der Waals surface area contributed by atoms with Gasteiger partial charge in [0.2, 0.25) is 0 Å². The van der Waals surface area contributed by atoms with E-state index in [2.05, 4.69) is 0 Å². The van der Waals surface area contributed by atoms with Crippen LogP contribution in [0.3, 0.4) is 0 Å². The lowest BCUT2D eigenvalue weighted by Crippen LogP contribution is -2.40. The highest BCUT2D eigenvalue weighted by Crippen LogP contribution is 2.36. The molecule has 0 atom stereocenters. The summed E-state index contributed by atoms with van der Waals surface area (Å²) in [6.45, 7) is 0. The summed E-state index contributed by atoms with van der Waals surface area (Å²) in [7, 11) is -4.50. The molecule has 0 spiro atoms. The molecule has 9 heteroatoms. The predicted octanol–water partition coefficient (Wildman–Crippen LogP) is 2.05. The van der Waals surface area contributed by atoms with Gasteiger partial charge in [-0.2, -0.15) is 8.42 Å². The monoisotopic (exact) mass is 383 g/mol. The van der Waals surface area contributed by atoms with Gasteiger partial charge < -0.3 is 11.5 Å². The number of anilines is 3. The summed E-state index contributed by atoms with van der Waals surface area (Å²) in [6, 6.07) is 11.1. The van der Waals surface area contributed by atoms with Crippen molar-refractivity contribution in [3.63, 3.8) is 0 Å². The minimum absolute atomic E-state index is 0.00349. The second kappa shape index (κ2) is 5.53. The van der Waals surface area contributed by atoms with Gasteiger partial charge in [0.05, 0.1) is 21.7 Å². The second-order valence-corrected chi connectivity index (χ2v) is 7.57. The zero-order valence-corrected chi connectivity index (χ0v) is 14.5. The van der Waals surface area contributed by atoms with E-state index in [1.807, 2.05) is 0 Å². The van der Waals surface area contributed by atoms with Crippen molar-refractivity contribution < 1.29 is 22.6 Å². The van der Waals surface area contributed by atoms with Gasteiger partial charge >= 0.3 is 0 Å². The van der Waals surface area contributed by atoms with Crippen molar-refractivity contribution in [3.05, 3.63) is 59.7 Å². The lowest BCUT2D eigenvalue weighted by molar-refractivity contribution is 0.0893. The Labute approximate surface area is 153 Å². The van der Waals surface area contributed by atoms with E-state index in [9.17, 15) is 22.6 Å². The molecule has 8 nitrogen and oxygen atoms in total. The first-order valence-corrected chi connectivity index (χ1v) is 9.20. The van der Waals surface area contributed by atoms with Crippen LogP contribution in [0.4, 0.5) is 17.1 Å². The van der Waals surface area contributed by atoms with Gasteiger partial charge in [0.1, 0.15) is 0 Å². The maximum atomic E-state index is 13.0. The Kier molecular flexibility index (Phi) is 3.48. The Morgan fingerprint density at radius 2 is 1.41 bits per heavy atom. The Balaban J connectivity index is 1.99. The van der Waals surface area contributed by atoms with E-state index in [1.165, 1.54) is 24.3 Å². The molecule has 2 amide bonds. The van der Waals surface area contributed by atoms with E-state index in [0.29, 0.717) is 22.1 Å². The molecule has 4 rings (SSSR count). The van der Waals surface area contributed by atoms with Crippen LogP contribution in [0.5, 0.6) is 0 Å².